The Morgan fingerprint density at radius 3 is 1.47 bits per heavy atom. The predicted octanol–water partition coefficient (Wildman–Crippen LogP) is 2.40. The van der Waals surface area contributed by atoms with Crippen molar-refractivity contribution in [3.63, 3.8) is 0 Å². The van der Waals surface area contributed by atoms with E-state index in [1.807, 2.05) is 0 Å². The van der Waals surface area contributed by atoms with Crippen LogP contribution < -0.4 is 0 Å². The molecule has 3 nitrogen and oxygen atoms in total. The Labute approximate surface area is 107 Å². The van der Waals surface area contributed by atoms with E-state index in [0.29, 0.717) is 0 Å². The molecular formula is C12H14F4O3. The Bertz CT molecular complexity index is 356. The molecule has 0 aliphatic carbocycles. The third-order valence-electron chi connectivity index (χ3n) is 2.10. The number of esters is 1. The highest BCUT2D eigenvalue weighted by Crippen LogP contribution is 2.22. The maximum atomic E-state index is 12.7. The first-order valence-electron chi connectivity index (χ1n) is 5.27. The molecule has 0 amide bonds. The molecule has 0 atom stereocenters. The summed E-state index contributed by atoms with van der Waals surface area (Å²) >= 11 is 0. The molecule has 0 unspecified atom stereocenters. The van der Waals surface area contributed by atoms with Gasteiger partial charge in [0.15, 0.2) is 23.3 Å². The Hall–Kier alpha value is -1.63. The molecule has 0 fully saturated rings. The molecule has 0 aromatic heterocycles. The number of hydrogen-bond acceptors (Lipinski definition) is 3. The van der Waals surface area contributed by atoms with Crippen LogP contribution in [0.5, 0.6) is 0 Å². The third-order valence-corrected chi connectivity index (χ3v) is 2.10. The van der Waals surface area contributed by atoms with Gasteiger partial charge < -0.3 is 9.84 Å². The molecule has 1 aromatic rings. The van der Waals surface area contributed by atoms with E-state index in [-0.39, 0.29) is 19.2 Å². The summed E-state index contributed by atoms with van der Waals surface area (Å²) in [5.41, 5.74) is -1.26. The molecule has 0 saturated carbocycles. The summed E-state index contributed by atoms with van der Waals surface area (Å²) in [6.45, 7) is 3.27. The van der Waals surface area contributed by atoms with Gasteiger partial charge in [0, 0.05) is 18.1 Å². The van der Waals surface area contributed by atoms with Crippen LogP contribution in [0.1, 0.15) is 18.1 Å². The summed E-state index contributed by atoms with van der Waals surface area (Å²) in [6.07, 6.45) is 0. The minimum absolute atomic E-state index is 0.0976. The second kappa shape index (κ2) is 7.73. The van der Waals surface area contributed by atoms with Crippen molar-refractivity contribution < 1.29 is 32.2 Å². The molecule has 0 aliphatic heterocycles. The van der Waals surface area contributed by atoms with Crippen molar-refractivity contribution in [1.82, 2.24) is 0 Å². The fourth-order valence-corrected chi connectivity index (χ4v) is 1.04. The normalized spacial score (nSPS) is 9.68. The Kier molecular flexibility index (Phi) is 7.06. The maximum Gasteiger partial charge on any atom is 0.302 e. The van der Waals surface area contributed by atoms with Gasteiger partial charge in [-0.25, -0.2) is 17.6 Å². The third kappa shape index (κ3) is 4.86. The molecule has 0 aliphatic rings. The Balaban J connectivity index is 0.000000399. The number of rotatable bonds is 2. The van der Waals surface area contributed by atoms with Gasteiger partial charge in [0.05, 0.1) is 6.61 Å². The zero-order chi connectivity index (χ0) is 15.2. The molecule has 0 spiro atoms. The van der Waals surface area contributed by atoms with Gasteiger partial charge in [-0.05, 0) is 13.8 Å². The standard InChI is InChI=1S/C8H6F4.C4H8O3/c1-3-5(9)7(11)4(2)8(12)6(3)10;1-4(6)7-3-2-5/h1-2H3;5H,2-3H2,1H3. The summed E-state index contributed by atoms with van der Waals surface area (Å²) in [5.74, 6) is -5.66. The van der Waals surface area contributed by atoms with Crippen molar-refractivity contribution in [2.75, 3.05) is 13.2 Å². The maximum absolute atomic E-state index is 12.7. The van der Waals surface area contributed by atoms with E-state index in [1.54, 1.807) is 0 Å². The lowest BCUT2D eigenvalue weighted by atomic mass is 10.1. The van der Waals surface area contributed by atoms with Crippen LogP contribution in [0.2, 0.25) is 0 Å². The lowest BCUT2D eigenvalue weighted by Gasteiger charge is -2.04. The van der Waals surface area contributed by atoms with E-state index in [1.165, 1.54) is 6.92 Å². The number of carbonyl (C=O) groups excluding carboxylic acids is 1. The van der Waals surface area contributed by atoms with Gasteiger partial charge in [0.2, 0.25) is 0 Å². The molecule has 19 heavy (non-hydrogen) atoms. The summed E-state index contributed by atoms with van der Waals surface area (Å²) in [6, 6.07) is 0. The zero-order valence-electron chi connectivity index (χ0n) is 10.7. The number of ether oxygens (including phenoxy) is 1. The molecule has 108 valence electrons. The van der Waals surface area contributed by atoms with Gasteiger partial charge in [-0.1, -0.05) is 0 Å². The first-order chi connectivity index (χ1) is 8.73. The molecule has 0 heterocycles. The Morgan fingerprint density at radius 1 is 1.00 bits per heavy atom. The van der Waals surface area contributed by atoms with E-state index in [9.17, 15) is 22.4 Å². The first kappa shape index (κ1) is 17.4. The minimum atomic E-state index is -1.33. The summed E-state index contributed by atoms with van der Waals surface area (Å²) in [4.78, 5) is 9.87. The van der Waals surface area contributed by atoms with Crippen LogP contribution in [0.15, 0.2) is 0 Å². The van der Waals surface area contributed by atoms with Crippen molar-refractivity contribution in [2.45, 2.75) is 20.8 Å². The highest BCUT2D eigenvalue weighted by molar-refractivity contribution is 5.65. The smallest absolute Gasteiger partial charge is 0.302 e. The number of hydrogen-bond donors (Lipinski definition) is 1. The first-order valence-corrected chi connectivity index (χ1v) is 5.27. The average Bonchev–Trinajstić information content (AvgIpc) is 2.39. The van der Waals surface area contributed by atoms with E-state index >= 15 is 0 Å². The molecule has 0 saturated heterocycles. The minimum Gasteiger partial charge on any atom is -0.463 e. The number of aliphatic hydroxyl groups is 1. The fourth-order valence-electron chi connectivity index (χ4n) is 1.04. The van der Waals surface area contributed by atoms with Crippen molar-refractivity contribution in [2.24, 2.45) is 0 Å². The summed E-state index contributed by atoms with van der Waals surface area (Å²) in [5, 5.41) is 8.04. The molecule has 1 aromatic carbocycles. The van der Waals surface area contributed by atoms with Gasteiger partial charge in [0.1, 0.15) is 6.61 Å². The van der Waals surface area contributed by atoms with Crippen molar-refractivity contribution >= 4 is 5.97 Å². The van der Waals surface area contributed by atoms with E-state index in [4.69, 9.17) is 5.11 Å². The van der Waals surface area contributed by atoms with E-state index < -0.39 is 34.4 Å². The van der Waals surface area contributed by atoms with Gasteiger partial charge >= 0.3 is 5.97 Å². The zero-order valence-corrected chi connectivity index (χ0v) is 10.7. The van der Waals surface area contributed by atoms with Gasteiger partial charge in [-0.15, -0.1) is 0 Å². The van der Waals surface area contributed by atoms with Crippen LogP contribution in [0.4, 0.5) is 17.6 Å². The quantitative estimate of drug-likeness (QED) is 0.515. The number of aliphatic hydroxyl groups excluding tert-OH is 1. The van der Waals surface area contributed by atoms with Crippen molar-refractivity contribution in [1.29, 1.82) is 0 Å². The number of carbonyl (C=O) groups is 1. The van der Waals surface area contributed by atoms with Crippen molar-refractivity contribution in [3.8, 4) is 0 Å². The number of benzene rings is 1. The van der Waals surface area contributed by atoms with Gasteiger partial charge in [0.25, 0.3) is 0 Å². The molecule has 7 heteroatoms. The Morgan fingerprint density at radius 2 is 1.32 bits per heavy atom. The molecule has 0 radical (unpaired) electrons. The summed E-state index contributed by atoms with van der Waals surface area (Å²) in [7, 11) is 0. The van der Waals surface area contributed by atoms with Crippen LogP contribution in [0.25, 0.3) is 0 Å². The second-order valence-corrected chi connectivity index (χ2v) is 3.57. The molecule has 1 N–H and O–H groups in total. The largest absolute Gasteiger partial charge is 0.463 e. The molecule has 0 bridgehead atoms. The average molecular weight is 282 g/mol. The van der Waals surface area contributed by atoms with Crippen LogP contribution in [-0.4, -0.2) is 24.3 Å². The second-order valence-electron chi connectivity index (χ2n) is 3.57. The van der Waals surface area contributed by atoms with Gasteiger partial charge in [-0.2, -0.15) is 0 Å². The molecular weight excluding hydrogens is 268 g/mol. The van der Waals surface area contributed by atoms with Crippen molar-refractivity contribution in [3.05, 3.63) is 34.4 Å². The predicted molar refractivity (Wildman–Crippen MR) is 59.5 cm³/mol. The van der Waals surface area contributed by atoms with E-state index in [0.717, 1.165) is 13.8 Å². The monoisotopic (exact) mass is 282 g/mol. The topological polar surface area (TPSA) is 46.5 Å². The van der Waals surface area contributed by atoms with Crippen LogP contribution >= 0.6 is 0 Å². The van der Waals surface area contributed by atoms with E-state index in [2.05, 4.69) is 4.74 Å². The van der Waals surface area contributed by atoms with Crippen LogP contribution in [0.3, 0.4) is 0 Å². The fraction of sp³-hybridized carbons (Fsp3) is 0.417. The van der Waals surface area contributed by atoms with Crippen LogP contribution in [0, 0.1) is 37.1 Å². The lowest BCUT2D eigenvalue weighted by Crippen LogP contribution is -2.03. The summed E-state index contributed by atoms with van der Waals surface area (Å²) < 4.78 is 54.9. The number of halogens is 4. The lowest BCUT2D eigenvalue weighted by molar-refractivity contribution is -0.141. The highest BCUT2D eigenvalue weighted by atomic mass is 19.2. The molecule has 1 rings (SSSR count). The van der Waals surface area contributed by atoms with Gasteiger partial charge in [-0.3, -0.25) is 4.79 Å². The highest BCUT2D eigenvalue weighted by Gasteiger charge is 2.19. The SMILES string of the molecule is CC(=O)OCCO.Cc1c(F)c(F)c(C)c(F)c1F. The van der Waals surface area contributed by atoms with Crippen LogP contribution in [-0.2, 0) is 9.53 Å².